The van der Waals surface area contributed by atoms with Crippen molar-refractivity contribution in [1.82, 2.24) is 5.32 Å². The number of carbonyl (C=O) groups is 1. The predicted molar refractivity (Wildman–Crippen MR) is 58.9 cm³/mol. The van der Waals surface area contributed by atoms with Crippen LogP contribution in [-0.2, 0) is 4.79 Å². The van der Waals surface area contributed by atoms with E-state index in [-0.39, 0.29) is 6.17 Å². The molecule has 0 aromatic heterocycles. The maximum absolute atomic E-state index is 10.9. The number of nitrogens with zero attached hydrogens (tertiary/aromatic N) is 1. The van der Waals surface area contributed by atoms with Crippen LogP contribution in [0.4, 0.5) is 0 Å². The Hall–Kier alpha value is -1.20. The lowest BCUT2D eigenvalue weighted by molar-refractivity contribution is -0.139. The highest BCUT2D eigenvalue weighted by molar-refractivity contribution is 5.75. The van der Waals surface area contributed by atoms with Crippen LogP contribution in [0, 0.1) is 0 Å². The number of nitrogens with one attached hydrogen (secondary N) is 1. The first-order chi connectivity index (χ1) is 7.24. The van der Waals surface area contributed by atoms with E-state index >= 15 is 0 Å². The van der Waals surface area contributed by atoms with Gasteiger partial charge in [0.25, 0.3) is 0 Å². The molecule has 0 saturated carbocycles. The minimum absolute atomic E-state index is 0.191. The van der Waals surface area contributed by atoms with Gasteiger partial charge in [0.1, 0.15) is 12.2 Å². The predicted octanol–water partition coefficient (Wildman–Crippen LogP) is 0.125. The molecule has 1 rings (SSSR count). The summed E-state index contributed by atoms with van der Waals surface area (Å²) in [6.07, 6.45) is 7.37. The summed E-state index contributed by atoms with van der Waals surface area (Å²) >= 11 is 0. The Bertz CT molecular complexity index is 251. The minimum Gasteiger partial charge on any atom is -0.480 e. The molecule has 0 aliphatic carbocycles. The van der Waals surface area contributed by atoms with Crippen molar-refractivity contribution in [1.29, 1.82) is 0 Å². The number of hydrogen-bond donors (Lipinski definition) is 3. The van der Waals surface area contributed by atoms with E-state index < -0.39 is 12.0 Å². The molecule has 0 fully saturated rings. The van der Waals surface area contributed by atoms with Gasteiger partial charge in [0.2, 0.25) is 0 Å². The quantitative estimate of drug-likeness (QED) is 0.522. The van der Waals surface area contributed by atoms with E-state index in [9.17, 15) is 4.79 Å². The largest absolute Gasteiger partial charge is 0.480 e. The molecule has 4 N–H and O–H groups in total. The summed E-state index contributed by atoms with van der Waals surface area (Å²) < 4.78 is 0. The third-order valence-corrected chi connectivity index (χ3v) is 2.24. The number of rotatable bonds is 7. The Morgan fingerprint density at radius 2 is 2.40 bits per heavy atom. The van der Waals surface area contributed by atoms with Gasteiger partial charge in [-0.2, -0.15) is 0 Å². The molecule has 0 radical (unpaired) electrons. The molecule has 0 bridgehead atoms. The maximum atomic E-state index is 10.9. The Kier molecular flexibility index (Phi) is 5.00. The molecule has 1 aliphatic rings. The maximum Gasteiger partial charge on any atom is 0.320 e. The van der Waals surface area contributed by atoms with Crippen molar-refractivity contribution in [3.8, 4) is 0 Å². The molecule has 1 heterocycles. The van der Waals surface area contributed by atoms with Gasteiger partial charge >= 0.3 is 5.97 Å². The zero-order valence-electron chi connectivity index (χ0n) is 8.60. The molecule has 5 nitrogen and oxygen atoms in total. The van der Waals surface area contributed by atoms with E-state index in [1.165, 1.54) is 0 Å². The summed E-state index contributed by atoms with van der Waals surface area (Å²) in [5.41, 5.74) is 5.35. The lowest BCUT2D eigenvalue weighted by Crippen LogP contribution is -2.41. The van der Waals surface area contributed by atoms with Gasteiger partial charge < -0.3 is 10.8 Å². The average Bonchev–Trinajstić information content (AvgIpc) is 2.69. The summed E-state index contributed by atoms with van der Waals surface area (Å²) in [6.45, 7) is 0.605. The lowest BCUT2D eigenvalue weighted by atomic mass is 10.1. The van der Waals surface area contributed by atoms with Crippen molar-refractivity contribution in [2.24, 2.45) is 10.7 Å². The van der Waals surface area contributed by atoms with Crippen LogP contribution >= 0.6 is 0 Å². The molecular weight excluding hydrogens is 194 g/mol. The van der Waals surface area contributed by atoms with Gasteiger partial charge in [-0.05, 0) is 31.5 Å². The van der Waals surface area contributed by atoms with Crippen LogP contribution in [0.15, 0.2) is 17.1 Å². The van der Waals surface area contributed by atoms with Gasteiger partial charge in [-0.25, -0.2) is 0 Å². The van der Waals surface area contributed by atoms with E-state index in [4.69, 9.17) is 10.8 Å². The zero-order valence-corrected chi connectivity index (χ0v) is 8.60. The molecule has 84 valence electrons. The zero-order chi connectivity index (χ0) is 11.1. The van der Waals surface area contributed by atoms with Crippen LogP contribution in [0.1, 0.15) is 19.3 Å². The van der Waals surface area contributed by atoms with Gasteiger partial charge in [-0.15, -0.1) is 0 Å². The van der Waals surface area contributed by atoms with Crippen molar-refractivity contribution >= 4 is 12.2 Å². The van der Waals surface area contributed by atoms with E-state index in [2.05, 4.69) is 10.3 Å². The van der Waals surface area contributed by atoms with Crippen LogP contribution in [-0.4, -0.2) is 36.0 Å². The number of nitrogens with two attached hydrogens (primary N) is 1. The normalized spacial score (nSPS) is 20.7. The fourth-order valence-electron chi connectivity index (χ4n) is 1.42. The molecule has 1 unspecified atom stereocenters. The summed E-state index contributed by atoms with van der Waals surface area (Å²) in [7, 11) is 0. The monoisotopic (exact) mass is 211 g/mol. The summed E-state index contributed by atoms with van der Waals surface area (Å²) in [6, 6.07) is -0.540. The summed E-state index contributed by atoms with van der Waals surface area (Å²) in [5.74, 6) is -0.831. The number of aliphatic carboxylic acids is 1. The Morgan fingerprint density at radius 3 is 2.93 bits per heavy atom. The van der Waals surface area contributed by atoms with Crippen molar-refractivity contribution in [2.45, 2.75) is 31.5 Å². The van der Waals surface area contributed by atoms with Gasteiger partial charge in [-0.3, -0.25) is 15.1 Å². The number of unbranched alkanes of at least 4 members (excludes halogenated alkanes) is 1. The third-order valence-electron chi connectivity index (χ3n) is 2.24. The SMILES string of the molecule is NCCCC[C@H](NC1C=CC=N1)C(=O)O. The average molecular weight is 211 g/mol. The Labute approximate surface area is 89.1 Å². The highest BCUT2D eigenvalue weighted by Crippen LogP contribution is 2.04. The fraction of sp³-hybridized carbons (Fsp3) is 0.600. The highest BCUT2D eigenvalue weighted by atomic mass is 16.4. The molecule has 5 heteroatoms. The molecule has 1 aliphatic heterocycles. The smallest absolute Gasteiger partial charge is 0.320 e. The molecule has 0 aromatic rings. The minimum atomic E-state index is -0.831. The van der Waals surface area contributed by atoms with Crippen molar-refractivity contribution in [2.75, 3.05) is 6.54 Å². The second kappa shape index (κ2) is 6.31. The molecule has 0 spiro atoms. The van der Waals surface area contributed by atoms with E-state index in [0.717, 1.165) is 12.8 Å². The number of allylic oxidation sites excluding steroid dienone is 1. The van der Waals surface area contributed by atoms with E-state index in [1.54, 1.807) is 12.3 Å². The Balaban J connectivity index is 2.33. The number of aliphatic imine (C=N–C) groups is 1. The fourth-order valence-corrected chi connectivity index (χ4v) is 1.42. The van der Waals surface area contributed by atoms with Gasteiger partial charge in [0.15, 0.2) is 0 Å². The number of carboxylic acids is 1. The van der Waals surface area contributed by atoms with Crippen LogP contribution in [0.2, 0.25) is 0 Å². The molecule has 2 atom stereocenters. The van der Waals surface area contributed by atoms with Crippen LogP contribution in [0.5, 0.6) is 0 Å². The van der Waals surface area contributed by atoms with Gasteiger partial charge in [-0.1, -0.05) is 6.42 Å². The topological polar surface area (TPSA) is 87.7 Å². The van der Waals surface area contributed by atoms with Crippen LogP contribution in [0.3, 0.4) is 0 Å². The molecule has 0 aromatic carbocycles. The molecular formula is C10H17N3O2. The molecule has 0 amide bonds. The summed E-state index contributed by atoms with van der Waals surface area (Å²) in [4.78, 5) is 15.0. The highest BCUT2D eigenvalue weighted by Gasteiger charge is 2.19. The first-order valence-corrected chi connectivity index (χ1v) is 5.13. The third kappa shape index (κ3) is 4.22. The van der Waals surface area contributed by atoms with E-state index in [1.807, 2.05) is 6.08 Å². The number of hydrogen-bond acceptors (Lipinski definition) is 4. The second-order valence-corrected chi connectivity index (χ2v) is 3.47. The van der Waals surface area contributed by atoms with Crippen molar-refractivity contribution in [3.05, 3.63) is 12.2 Å². The van der Waals surface area contributed by atoms with Gasteiger partial charge in [0.05, 0.1) is 0 Å². The standard InChI is InChI=1S/C10H17N3O2/c11-6-2-1-4-8(10(14)15)13-9-5-3-7-12-9/h3,5,7-9,13H,1-2,4,6,11H2,(H,14,15)/t8-,9?/m0/s1. The first-order valence-electron chi connectivity index (χ1n) is 5.13. The van der Waals surface area contributed by atoms with Crippen molar-refractivity contribution < 1.29 is 9.90 Å². The van der Waals surface area contributed by atoms with Gasteiger partial charge in [0, 0.05) is 6.21 Å². The summed E-state index contributed by atoms with van der Waals surface area (Å²) in [5, 5.41) is 11.9. The molecule has 0 saturated heterocycles. The van der Waals surface area contributed by atoms with Crippen LogP contribution < -0.4 is 11.1 Å². The van der Waals surface area contributed by atoms with Crippen molar-refractivity contribution in [3.63, 3.8) is 0 Å². The molecule has 15 heavy (non-hydrogen) atoms. The van der Waals surface area contributed by atoms with E-state index in [0.29, 0.717) is 13.0 Å². The second-order valence-electron chi connectivity index (χ2n) is 3.47. The number of carboxylic acid groups (broad SMARTS) is 1. The van der Waals surface area contributed by atoms with Crippen LogP contribution in [0.25, 0.3) is 0 Å². The first kappa shape index (κ1) is 11.9. The lowest BCUT2D eigenvalue weighted by Gasteiger charge is -2.16. The Morgan fingerprint density at radius 1 is 1.60 bits per heavy atom.